The number of methoxy groups -OCH3 is 1. The van der Waals surface area contributed by atoms with E-state index in [0.29, 0.717) is 10.2 Å². The number of ether oxygens (including phenoxy) is 1. The zero-order valence-corrected chi connectivity index (χ0v) is 13.2. The number of carbonyl (C=O) groups excluding carboxylic acids is 2. The second kappa shape index (κ2) is 7.22. The summed E-state index contributed by atoms with van der Waals surface area (Å²) in [7, 11) is 1.26. The van der Waals surface area contributed by atoms with Crippen LogP contribution in [-0.4, -0.2) is 19.0 Å². The molecule has 1 unspecified atom stereocenters. The van der Waals surface area contributed by atoms with Gasteiger partial charge in [-0.05, 0) is 45.8 Å². The molecule has 22 heavy (non-hydrogen) atoms. The van der Waals surface area contributed by atoms with Crippen LogP contribution in [0.1, 0.15) is 28.6 Å². The molecule has 0 aliphatic carbocycles. The number of halogens is 2. The average molecular weight is 370 g/mol. The number of hydrogen-bond donors (Lipinski definition) is 1. The van der Waals surface area contributed by atoms with Gasteiger partial charge in [-0.25, -0.2) is 4.39 Å². The summed E-state index contributed by atoms with van der Waals surface area (Å²) < 4.78 is 23.2. The van der Waals surface area contributed by atoms with E-state index < -0.39 is 23.7 Å². The third kappa shape index (κ3) is 4.17. The van der Waals surface area contributed by atoms with E-state index in [-0.39, 0.29) is 12.2 Å². The van der Waals surface area contributed by atoms with Gasteiger partial charge < -0.3 is 14.5 Å². The van der Waals surface area contributed by atoms with Crippen molar-refractivity contribution in [1.82, 2.24) is 5.32 Å². The Balaban J connectivity index is 2.18. The highest BCUT2D eigenvalue weighted by molar-refractivity contribution is 9.10. The number of nitrogens with one attached hydrogen (secondary N) is 1. The fourth-order valence-electron chi connectivity index (χ4n) is 1.86. The quantitative estimate of drug-likeness (QED) is 0.821. The molecule has 0 fully saturated rings. The van der Waals surface area contributed by atoms with Crippen LogP contribution in [0.15, 0.2) is 45.5 Å². The maximum Gasteiger partial charge on any atom is 0.307 e. The van der Waals surface area contributed by atoms with E-state index in [9.17, 15) is 14.0 Å². The van der Waals surface area contributed by atoms with E-state index in [1.165, 1.54) is 37.4 Å². The van der Waals surface area contributed by atoms with Crippen molar-refractivity contribution in [2.24, 2.45) is 0 Å². The molecule has 2 rings (SSSR count). The first kappa shape index (κ1) is 16.2. The molecule has 1 amide bonds. The Hall–Kier alpha value is -2.15. The van der Waals surface area contributed by atoms with Gasteiger partial charge in [0.1, 0.15) is 5.82 Å². The van der Waals surface area contributed by atoms with Crippen molar-refractivity contribution >= 4 is 27.8 Å². The Morgan fingerprint density at radius 2 is 1.95 bits per heavy atom. The molecule has 1 atom stereocenters. The standard InChI is InChI=1S/C15H13BrFNO4/c1-21-14(19)8-11(9-2-4-10(17)5-3-9)18-15(20)12-6-7-13(16)22-12/h2-7,11H,8H2,1H3,(H,18,20). The summed E-state index contributed by atoms with van der Waals surface area (Å²) in [6, 6.07) is 7.96. The van der Waals surface area contributed by atoms with Crippen LogP contribution in [0, 0.1) is 5.82 Å². The lowest BCUT2D eigenvalue weighted by Gasteiger charge is -2.17. The normalized spacial score (nSPS) is 11.8. The number of amides is 1. The van der Waals surface area contributed by atoms with Gasteiger partial charge in [0, 0.05) is 0 Å². The lowest BCUT2D eigenvalue weighted by molar-refractivity contribution is -0.141. The molecule has 0 aliphatic rings. The van der Waals surface area contributed by atoms with E-state index in [0.717, 1.165) is 0 Å². The van der Waals surface area contributed by atoms with Crippen LogP contribution in [-0.2, 0) is 9.53 Å². The van der Waals surface area contributed by atoms with Crippen molar-refractivity contribution in [3.05, 3.63) is 58.2 Å². The second-order valence-electron chi connectivity index (χ2n) is 4.46. The molecule has 0 spiro atoms. The van der Waals surface area contributed by atoms with Crippen LogP contribution in [0.2, 0.25) is 0 Å². The Morgan fingerprint density at radius 1 is 1.27 bits per heavy atom. The molecule has 7 heteroatoms. The minimum Gasteiger partial charge on any atom is -0.469 e. The fraction of sp³-hybridized carbons (Fsp3) is 0.200. The summed E-state index contributed by atoms with van der Waals surface area (Å²) >= 11 is 3.11. The van der Waals surface area contributed by atoms with E-state index in [1.807, 2.05) is 0 Å². The Labute approximate surface area is 134 Å². The van der Waals surface area contributed by atoms with Crippen LogP contribution in [0.5, 0.6) is 0 Å². The molecule has 1 heterocycles. The SMILES string of the molecule is COC(=O)CC(NC(=O)c1ccc(Br)o1)c1ccc(F)cc1. The van der Waals surface area contributed by atoms with Gasteiger partial charge >= 0.3 is 5.97 Å². The molecule has 5 nitrogen and oxygen atoms in total. The van der Waals surface area contributed by atoms with Crippen molar-refractivity contribution in [2.75, 3.05) is 7.11 Å². The molecule has 0 bridgehead atoms. The molecular formula is C15H13BrFNO4. The van der Waals surface area contributed by atoms with Gasteiger partial charge in [0.25, 0.3) is 5.91 Å². The van der Waals surface area contributed by atoms with E-state index >= 15 is 0 Å². The predicted molar refractivity (Wildman–Crippen MR) is 79.6 cm³/mol. The summed E-state index contributed by atoms with van der Waals surface area (Å²) in [5, 5.41) is 2.67. The van der Waals surface area contributed by atoms with Crippen molar-refractivity contribution < 1.29 is 23.1 Å². The maximum absolute atomic E-state index is 13.0. The highest BCUT2D eigenvalue weighted by Crippen LogP contribution is 2.20. The van der Waals surface area contributed by atoms with Gasteiger partial charge in [-0.1, -0.05) is 12.1 Å². The van der Waals surface area contributed by atoms with Gasteiger partial charge in [-0.2, -0.15) is 0 Å². The third-order valence-corrected chi connectivity index (χ3v) is 3.40. The molecular weight excluding hydrogens is 357 g/mol. The van der Waals surface area contributed by atoms with Crippen molar-refractivity contribution in [1.29, 1.82) is 0 Å². The van der Waals surface area contributed by atoms with Crippen molar-refractivity contribution in [2.45, 2.75) is 12.5 Å². The highest BCUT2D eigenvalue weighted by Gasteiger charge is 2.21. The number of furan rings is 1. The van der Waals surface area contributed by atoms with E-state index in [1.54, 1.807) is 6.07 Å². The van der Waals surface area contributed by atoms with E-state index in [2.05, 4.69) is 26.0 Å². The highest BCUT2D eigenvalue weighted by atomic mass is 79.9. The van der Waals surface area contributed by atoms with Crippen molar-refractivity contribution in [3.63, 3.8) is 0 Å². The van der Waals surface area contributed by atoms with Gasteiger partial charge in [0.05, 0.1) is 19.6 Å². The Morgan fingerprint density at radius 3 is 2.50 bits per heavy atom. The fourth-order valence-corrected chi connectivity index (χ4v) is 2.17. The van der Waals surface area contributed by atoms with Crippen LogP contribution >= 0.6 is 15.9 Å². The van der Waals surface area contributed by atoms with Crippen LogP contribution in [0.25, 0.3) is 0 Å². The van der Waals surface area contributed by atoms with Crippen LogP contribution in [0.3, 0.4) is 0 Å². The monoisotopic (exact) mass is 369 g/mol. The number of hydrogen-bond acceptors (Lipinski definition) is 4. The lowest BCUT2D eigenvalue weighted by atomic mass is 10.0. The molecule has 0 saturated carbocycles. The van der Waals surface area contributed by atoms with Crippen LogP contribution in [0.4, 0.5) is 4.39 Å². The first-order valence-corrected chi connectivity index (χ1v) is 7.17. The minimum atomic E-state index is -0.649. The van der Waals surface area contributed by atoms with Crippen molar-refractivity contribution in [3.8, 4) is 0 Å². The largest absolute Gasteiger partial charge is 0.469 e. The van der Waals surface area contributed by atoms with Gasteiger partial charge in [-0.15, -0.1) is 0 Å². The number of benzene rings is 1. The smallest absolute Gasteiger partial charge is 0.307 e. The lowest BCUT2D eigenvalue weighted by Crippen LogP contribution is -2.30. The second-order valence-corrected chi connectivity index (χ2v) is 5.24. The zero-order chi connectivity index (χ0) is 16.1. The van der Waals surface area contributed by atoms with Gasteiger partial charge in [0.2, 0.25) is 0 Å². The number of carbonyl (C=O) groups is 2. The molecule has 0 aliphatic heterocycles. The van der Waals surface area contributed by atoms with Gasteiger partial charge in [0.15, 0.2) is 10.4 Å². The summed E-state index contributed by atoms with van der Waals surface area (Å²) in [6.45, 7) is 0. The predicted octanol–water partition coefficient (Wildman–Crippen LogP) is 3.22. The summed E-state index contributed by atoms with van der Waals surface area (Å²) in [5.41, 5.74) is 0.589. The Kier molecular flexibility index (Phi) is 5.32. The molecule has 2 aromatic rings. The average Bonchev–Trinajstić information content (AvgIpc) is 2.94. The maximum atomic E-state index is 13.0. The molecule has 0 saturated heterocycles. The molecule has 0 radical (unpaired) electrons. The minimum absolute atomic E-state index is 0.0737. The van der Waals surface area contributed by atoms with Gasteiger partial charge in [-0.3, -0.25) is 9.59 Å². The summed E-state index contributed by atoms with van der Waals surface area (Å²) in [4.78, 5) is 23.6. The topological polar surface area (TPSA) is 68.5 Å². The molecule has 1 aromatic carbocycles. The first-order valence-electron chi connectivity index (χ1n) is 6.38. The molecule has 116 valence electrons. The number of rotatable bonds is 5. The Bertz CT molecular complexity index is 668. The summed E-state index contributed by atoms with van der Waals surface area (Å²) in [6.07, 6.45) is -0.0737. The van der Waals surface area contributed by atoms with E-state index in [4.69, 9.17) is 4.42 Å². The van der Waals surface area contributed by atoms with Crippen LogP contribution < -0.4 is 5.32 Å². The molecule has 1 N–H and O–H groups in total. The zero-order valence-electron chi connectivity index (χ0n) is 11.6. The first-order chi connectivity index (χ1) is 10.5. The third-order valence-electron chi connectivity index (χ3n) is 2.97. The molecule has 1 aromatic heterocycles. The summed E-state index contributed by atoms with van der Waals surface area (Å²) in [5.74, 6) is -1.27. The number of esters is 1.